The number of carbonyl (C=O) groups is 1. The van der Waals surface area contributed by atoms with Gasteiger partial charge in [0.1, 0.15) is 5.60 Å². The van der Waals surface area contributed by atoms with E-state index in [9.17, 15) is 9.90 Å². The highest BCUT2D eigenvalue weighted by Crippen LogP contribution is 2.27. The van der Waals surface area contributed by atoms with Gasteiger partial charge in [0.2, 0.25) is 0 Å². The van der Waals surface area contributed by atoms with Crippen LogP contribution in [0.1, 0.15) is 32.0 Å². The number of alkyl carbamates (subject to hydrolysis) is 1. The second-order valence-electron chi connectivity index (χ2n) is 7.63. The number of aliphatic hydroxyl groups excluding tert-OH is 1. The first kappa shape index (κ1) is 20.1. The van der Waals surface area contributed by atoms with Gasteiger partial charge in [-0.3, -0.25) is 4.98 Å². The lowest BCUT2D eigenvalue weighted by Crippen LogP contribution is -2.34. The van der Waals surface area contributed by atoms with E-state index in [4.69, 9.17) is 9.47 Å². The van der Waals surface area contributed by atoms with E-state index in [2.05, 4.69) is 15.3 Å². The maximum Gasteiger partial charge on any atom is 0.407 e. The fourth-order valence-electron chi connectivity index (χ4n) is 3.03. The Labute approximate surface area is 164 Å². The van der Waals surface area contributed by atoms with Crippen molar-refractivity contribution < 1.29 is 19.4 Å². The van der Waals surface area contributed by atoms with Crippen LogP contribution in [0, 0.1) is 0 Å². The molecule has 28 heavy (non-hydrogen) atoms. The smallest absolute Gasteiger partial charge is 0.407 e. The SMILES string of the molecule is CC(C)(C)OC(=O)NCCOCCc1nccc2c1[nH]c1cc(CO)ccc12. The zero-order valence-corrected chi connectivity index (χ0v) is 16.5. The molecule has 0 saturated heterocycles. The number of benzene rings is 1. The van der Waals surface area contributed by atoms with Crippen LogP contribution in [-0.4, -0.2) is 46.5 Å². The fourth-order valence-corrected chi connectivity index (χ4v) is 3.03. The van der Waals surface area contributed by atoms with E-state index in [1.54, 1.807) is 6.20 Å². The van der Waals surface area contributed by atoms with Crippen molar-refractivity contribution in [2.75, 3.05) is 19.8 Å². The Hall–Kier alpha value is -2.64. The molecule has 0 bridgehead atoms. The largest absolute Gasteiger partial charge is 0.444 e. The molecule has 2 heterocycles. The number of aliphatic hydroxyl groups is 1. The minimum absolute atomic E-state index is 0.0155. The van der Waals surface area contributed by atoms with Gasteiger partial charge in [-0.2, -0.15) is 0 Å². The molecule has 0 fully saturated rings. The molecule has 0 aliphatic heterocycles. The van der Waals surface area contributed by atoms with Crippen LogP contribution in [0.5, 0.6) is 0 Å². The maximum atomic E-state index is 11.6. The summed E-state index contributed by atoms with van der Waals surface area (Å²) in [5.74, 6) is 0. The van der Waals surface area contributed by atoms with Gasteiger partial charge < -0.3 is 24.9 Å². The van der Waals surface area contributed by atoms with Gasteiger partial charge in [-0.25, -0.2) is 4.79 Å². The Morgan fingerprint density at radius 2 is 2.04 bits per heavy atom. The molecule has 3 aromatic rings. The second-order valence-corrected chi connectivity index (χ2v) is 7.63. The standard InChI is InChI=1S/C21H27N3O4/c1-21(2,3)28-20(26)23-9-11-27-10-7-17-19-16(6-8-22-17)15-5-4-14(13-25)12-18(15)24-19/h4-6,8,12,24-25H,7,9-11,13H2,1-3H3,(H,23,26). The highest BCUT2D eigenvalue weighted by atomic mass is 16.6. The quantitative estimate of drug-likeness (QED) is 0.542. The average molecular weight is 385 g/mol. The third kappa shape index (κ3) is 4.99. The molecule has 0 unspecified atom stereocenters. The van der Waals surface area contributed by atoms with Crippen LogP contribution in [0.15, 0.2) is 30.5 Å². The lowest BCUT2D eigenvalue weighted by atomic mass is 10.1. The van der Waals surface area contributed by atoms with Crippen molar-refractivity contribution in [1.82, 2.24) is 15.3 Å². The molecule has 0 atom stereocenters. The zero-order valence-electron chi connectivity index (χ0n) is 16.5. The Morgan fingerprint density at radius 1 is 1.21 bits per heavy atom. The van der Waals surface area contributed by atoms with E-state index in [1.165, 1.54) is 0 Å². The first-order chi connectivity index (χ1) is 13.4. The molecule has 0 saturated carbocycles. The number of amides is 1. The van der Waals surface area contributed by atoms with Crippen molar-refractivity contribution in [1.29, 1.82) is 0 Å². The van der Waals surface area contributed by atoms with Crippen molar-refractivity contribution in [3.63, 3.8) is 0 Å². The summed E-state index contributed by atoms with van der Waals surface area (Å²) in [4.78, 5) is 19.5. The van der Waals surface area contributed by atoms with E-state index in [-0.39, 0.29) is 6.61 Å². The number of H-pyrrole nitrogens is 1. The first-order valence-electron chi connectivity index (χ1n) is 9.41. The first-order valence-corrected chi connectivity index (χ1v) is 9.41. The number of carbonyl (C=O) groups excluding carboxylic acids is 1. The number of pyridine rings is 1. The summed E-state index contributed by atoms with van der Waals surface area (Å²) in [6, 6.07) is 7.89. The van der Waals surface area contributed by atoms with E-state index in [1.807, 2.05) is 45.0 Å². The number of nitrogens with zero attached hydrogens (tertiary/aromatic N) is 1. The Morgan fingerprint density at radius 3 is 2.79 bits per heavy atom. The molecule has 7 heteroatoms. The van der Waals surface area contributed by atoms with Gasteiger partial charge in [0.05, 0.1) is 31.0 Å². The number of rotatable bonds is 7. The molecule has 1 amide bonds. The monoisotopic (exact) mass is 385 g/mol. The van der Waals surface area contributed by atoms with Crippen LogP contribution in [0.4, 0.5) is 4.79 Å². The Balaban J connectivity index is 1.54. The number of nitrogens with one attached hydrogen (secondary N) is 2. The molecular formula is C21H27N3O4. The number of aromatic nitrogens is 2. The fraction of sp³-hybridized carbons (Fsp3) is 0.429. The summed E-state index contributed by atoms with van der Waals surface area (Å²) in [6.07, 6.45) is 2.01. The van der Waals surface area contributed by atoms with Crippen molar-refractivity contribution >= 4 is 27.9 Å². The second kappa shape index (κ2) is 8.58. The van der Waals surface area contributed by atoms with Crippen LogP contribution in [-0.2, 0) is 22.5 Å². The van der Waals surface area contributed by atoms with Gasteiger partial charge in [0.15, 0.2) is 0 Å². The van der Waals surface area contributed by atoms with Gasteiger partial charge in [0.25, 0.3) is 0 Å². The van der Waals surface area contributed by atoms with Gasteiger partial charge in [-0.1, -0.05) is 12.1 Å². The van der Waals surface area contributed by atoms with Gasteiger partial charge in [-0.05, 0) is 38.5 Å². The van der Waals surface area contributed by atoms with Gasteiger partial charge in [0, 0.05) is 35.5 Å². The van der Waals surface area contributed by atoms with E-state index in [0.717, 1.165) is 33.1 Å². The van der Waals surface area contributed by atoms with Gasteiger partial charge >= 0.3 is 6.09 Å². The molecule has 150 valence electrons. The minimum atomic E-state index is -0.507. The van der Waals surface area contributed by atoms with Crippen LogP contribution >= 0.6 is 0 Å². The number of ether oxygens (including phenoxy) is 2. The molecule has 0 aliphatic rings. The third-order valence-corrected chi connectivity index (χ3v) is 4.24. The van der Waals surface area contributed by atoms with E-state index in [0.29, 0.717) is 26.2 Å². The van der Waals surface area contributed by atoms with E-state index < -0.39 is 11.7 Å². The Kier molecular flexibility index (Phi) is 6.16. The summed E-state index contributed by atoms with van der Waals surface area (Å²) < 4.78 is 10.8. The molecular weight excluding hydrogens is 358 g/mol. The van der Waals surface area contributed by atoms with Crippen molar-refractivity contribution in [2.24, 2.45) is 0 Å². The van der Waals surface area contributed by atoms with Crippen molar-refractivity contribution in [2.45, 2.75) is 39.4 Å². The summed E-state index contributed by atoms with van der Waals surface area (Å²) in [7, 11) is 0. The molecule has 1 aromatic carbocycles. The lowest BCUT2D eigenvalue weighted by Gasteiger charge is -2.19. The third-order valence-electron chi connectivity index (χ3n) is 4.24. The van der Waals surface area contributed by atoms with Crippen molar-refractivity contribution in [3.8, 4) is 0 Å². The molecule has 2 aromatic heterocycles. The molecule has 0 aliphatic carbocycles. The van der Waals surface area contributed by atoms with Crippen LogP contribution in [0.3, 0.4) is 0 Å². The zero-order chi connectivity index (χ0) is 20.1. The summed E-state index contributed by atoms with van der Waals surface area (Å²) >= 11 is 0. The highest BCUT2D eigenvalue weighted by Gasteiger charge is 2.15. The van der Waals surface area contributed by atoms with Gasteiger partial charge in [-0.15, -0.1) is 0 Å². The normalized spacial score (nSPS) is 11.9. The maximum absolute atomic E-state index is 11.6. The highest BCUT2D eigenvalue weighted by molar-refractivity contribution is 6.07. The Bertz CT molecular complexity index is 959. The predicted molar refractivity (Wildman–Crippen MR) is 108 cm³/mol. The average Bonchev–Trinajstić information content (AvgIpc) is 3.01. The van der Waals surface area contributed by atoms with Crippen LogP contribution in [0.2, 0.25) is 0 Å². The number of hydrogen-bond donors (Lipinski definition) is 3. The van der Waals surface area contributed by atoms with E-state index >= 15 is 0 Å². The molecule has 3 rings (SSSR count). The summed E-state index contributed by atoms with van der Waals surface area (Å²) in [5, 5.41) is 14.2. The lowest BCUT2D eigenvalue weighted by molar-refractivity contribution is 0.0500. The number of fused-ring (bicyclic) bond motifs is 3. The van der Waals surface area contributed by atoms with Crippen molar-refractivity contribution in [3.05, 3.63) is 41.7 Å². The predicted octanol–water partition coefficient (Wildman–Crippen LogP) is 3.29. The minimum Gasteiger partial charge on any atom is -0.444 e. The number of aromatic amines is 1. The topological polar surface area (TPSA) is 96.5 Å². The molecule has 0 spiro atoms. The molecule has 3 N–H and O–H groups in total. The molecule has 7 nitrogen and oxygen atoms in total. The molecule has 0 radical (unpaired) electrons. The number of hydrogen-bond acceptors (Lipinski definition) is 5. The summed E-state index contributed by atoms with van der Waals surface area (Å²) in [5.41, 5.74) is 3.27. The summed E-state index contributed by atoms with van der Waals surface area (Å²) in [6.45, 7) is 6.79. The van der Waals surface area contributed by atoms with Crippen LogP contribution < -0.4 is 5.32 Å². The van der Waals surface area contributed by atoms with Crippen LogP contribution in [0.25, 0.3) is 21.8 Å².